The summed E-state index contributed by atoms with van der Waals surface area (Å²) in [4.78, 5) is 12.3. The van der Waals surface area contributed by atoms with Gasteiger partial charge in [-0.2, -0.15) is 0 Å². The number of hydrogen-bond donors (Lipinski definition) is 0. The van der Waals surface area contributed by atoms with Crippen molar-refractivity contribution in [2.24, 2.45) is 0 Å². The van der Waals surface area contributed by atoms with Crippen LogP contribution in [0.4, 0.5) is 0 Å². The average Bonchev–Trinajstić information content (AvgIpc) is 2.82. The number of carbonyl (C=O) groups is 1. The Bertz CT molecular complexity index is 866. The first kappa shape index (κ1) is 30.3. The quantitative estimate of drug-likeness (QED) is 0.319. The van der Waals surface area contributed by atoms with Crippen LogP contribution in [0.3, 0.4) is 0 Å². The van der Waals surface area contributed by atoms with E-state index in [2.05, 4.69) is 33.9 Å². The Labute approximate surface area is 224 Å². The van der Waals surface area contributed by atoms with Gasteiger partial charge in [-0.25, -0.2) is 0 Å². The molecule has 0 radical (unpaired) electrons. The number of hydrogen-bond acceptors (Lipinski definition) is 7. The normalized spacial score (nSPS) is 28.9. The Kier molecular flexibility index (Phi) is 10.4. The third-order valence-electron chi connectivity index (χ3n) is 8.07. The molecule has 2 fully saturated rings. The van der Waals surface area contributed by atoms with Gasteiger partial charge in [0.05, 0.1) is 44.7 Å². The molecule has 3 rings (SSSR count). The Morgan fingerprint density at radius 3 is 2.24 bits per heavy atom. The molecule has 0 aromatic heterocycles. The van der Waals surface area contributed by atoms with E-state index in [4.69, 9.17) is 28.1 Å². The van der Waals surface area contributed by atoms with Gasteiger partial charge in [0.15, 0.2) is 14.1 Å². The number of carbonyl (C=O) groups excluding carboxylic acids is 1. The summed E-state index contributed by atoms with van der Waals surface area (Å²) in [6.07, 6.45) is 3.13. The summed E-state index contributed by atoms with van der Waals surface area (Å²) in [5, 5.41) is 0.0946. The Balaban J connectivity index is 1.76. The standard InChI is InChI=1S/C29H48O7Si/c1-9-22(30)14-24-15-25(32-6)17-29(34-24)18-26(36-37(7,8)28(2,3)4)16-27(35-29)20-33-19-21-10-12-23(31-5)13-11-21/h10-13,24-27H,9,14-20H2,1-8H3/t24-,25+,26+,27-,29-/m1/s1. The highest BCUT2D eigenvalue weighted by molar-refractivity contribution is 6.74. The molecule has 1 aromatic carbocycles. The highest BCUT2D eigenvalue weighted by Gasteiger charge is 2.51. The lowest BCUT2D eigenvalue weighted by molar-refractivity contribution is -0.342. The third kappa shape index (κ3) is 8.34. The molecule has 2 aliphatic heterocycles. The molecule has 8 heteroatoms. The van der Waals surface area contributed by atoms with Crippen LogP contribution in [0.15, 0.2) is 24.3 Å². The molecule has 37 heavy (non-hydrogen) atoms. The molecule has 0 amide bonds. The van der Waals surface area contributed by atoms with E-state index >= 15 is 0 Å². The zero-order chi connectivity index (χ0) is 27.3. The van der Waals surface area contributed by atoms with Gasteiger partial charge in [-0.05, 0) is 35.8 Å². The lowest BCUT2D eigenvalue weighted by Gasteiger charge is -2.51. The van der Waals surface area contributed by atoms with Crippen LogP contribution < -0.4 is 4.74 Å². The molecule has 7 nitrogen and oxygen atoms in total. The monoisotopic (exact) mass is 536 g/mol. The number of Topliss-reactive ketones (excluding diaryl/α,β-unsaturated/α-hetero) is 1. The van der Waals surface area contributed by atoms with E-state index in [-0.39, 0.29) is 35.2 Å². The summed E-state index contributed by atoms with van der Waals surface area (Å²) >= 11 is 0. The Morgan fingerprint density at radius 1 is 1.03 bits per heavy atom. The van der Waals surface area contributed by atoms with Crippen molar-refractivity contribution in [1.29, 1.82) is 0 Å². The minimum atomic E-state index is -2.02. The largest absolute Gasteiger partial charge is 0.497 e. The van der Waals surface area contributed by atoms with E-state index < -0.39 is 14.1 Å². The highest BCUT2D eigenvalue weighted by Crippen LogP contribution is 2.45. The van der Waals surface area contributed by atoms with Gasteiger partial charge in [0, 0.05) is 45.6 Å². The fourth-order valence-electron chi connectivity index (χ4n) is 4.97. The Hall–Kier alpha value is -1.29. The Morgan fingerprint density at radius 2 is 1.65 bits per heavy atom. The van der Waals surface area contributed by atoms with Crippen molar-refractivity contribution in [2.45, 2.75) is 121 Å². The van der Waals surface area contributed by atoms with Crippen LogP contribution in [-0.2, 0) is 34.8 Å². The summed E-state index contributed by atoms with van der Waals surface area (Å²) in [5.41, 5.74) is 1.08. The second-order valence-electron chi connectivity index (χ2n) is 12.1. The molecule has 0 N–H and O–H groups in total. The minimum Gasteiger partial charge on any atom is -0.497 e. The number of ketones is 1. The maximum atomic E-state index is 12.3. The second kappa shape index (κ2) is 12.7. The molecule has 1 spiro atoms. The molecule has 0 unspecified atom stereocenters. The van der Waals surface area contributed by atoms with Crippen LogP contribution in [0, 0.1) is 0 Å². The van der Waals surface area contributed by atoms with Gasteiger partial charge in [-0.1, -0.05) is 39.8 Å². The molecule has 0 bridgehead atoms. The molecule has 5 atom stereocenters. The van der Waals surface area contributed by atoms with Crippen molar-refractivity contribution in [3.05, 3.63) is 29.8 Å². The molecule has 0 saturated carbocycles. The van der Waals surface area contributed by atoms with Gasteiger partial charge in [0.25, 0.3) is 0 Å². The van der Waals surface area contributed by atoms with Crippen LogP contribution in [0.5, 0.6) is 5.75 Å². The SMILES string of the molecule is CCC(=O)C[C@@H]1C[C@H](OC)C[C@@]2(C[C@@H](O[Si](C)(C)C(C)(C)C)C[C@H](COCc3ccc(OC)cc3)O2)O1. The molecular weight excluding hydrogens is 488 g/mol. The summed E-state index contributed by atoms with van der Waals surface area (Å²) in [6.45, 7) is 14.2. The lowest BCUT2D eigenvalue weighted by Crippen LogP contribution is -2.58. The molecule has 1 aromatic rings. The summed E-state index contributed by atoms with van der Waals surface area (Å²) < 4.78 is 37.4. The van der Waals surface area contributed by atoms with Crippen LogP contribution in [-0.4, -0.2) is 65.1 Å². The van der Waals surface area contributed by atoms with E-state index in [1.54, 1.807) is 14.2 Å². The van der Waals surface area contributed by atoms with Crippen LogP contribution in [0.25, 0.3) is 0 Å². The number of methoxy groups -OCH3 is 2. The molecule has 210 valence electrons. The molecule has 2 aliphatic rings. The number of benzene rings is 1. The average molecular weight is 537 g/mol. The first-order valence-corrected chi connectivity index (χ1v) is 16.6. The fraction of sp³-hybridized carbons (Fsp3) is 0.759. The predicted octanol–water partition coefficient (Wildman–Crippen LogP) is 6.04. The van der Waals surface area contributed by atoms with Gasteiger partial charge in [0.2, 0.25) is 0 Å². The van der Waals surface area contributed by atoms with E-state index in [1.165, 1.54) is 0 Å². The number of ether oxygens (including phenoxy) is 5. The second-order valence-corrected chi connectivity index (χ2v) is 16.8. The van der Waals surface area contributed by atoms with E-state index in [9.17, 15) is 4.79 Å². The van der Waals surface area contributed by atoms with Gasteiger partial charge in [0.1, 0.15) is 11.5 Å². The van der Waals surface area contributed by atoms with Crippen molar-refractivity contribution in [3.63, 3.8) is 0 Å². The highest BCUT2D eigenvalue weighted by atomic mass is 28.4. The predicted molar refractivity (Wildman–Crippen MR) is 146 cm³/mol. The summed E-state index contributed by atoms with van der Waals surface area (Å²) in [7, 11) is 1.37. The van der Waals surface area contributed by atoms with Crippen LogP contribution in [0.2, 0.25) is 18.1 Å². The van der Waals surface area contributed by atoms with Crippen molar-refractivity contribution >= 4 is 14.1 Å². The first-order chi connectivity index (χ1) is 17.4. The lowest BCUT2D eigenvalue weighted by atomic mass is 9.88. The van der Waals surface area contributed by atoms with Gasteiger partial charge >= 0.3 is 0 Å². The molecular formula is C29H48O7Si. The van der Waals surface area contributed by atoms with Crippen molar-refractivity contribution in [1.82, 2.24) is 0 Å². The van der Waals surface area contributed by atoms with Gasteiger partial charge in [-0.3, -0.25) is 4.79 Å². The van der Waals surface area contributed by atoms with E-state index in [0.29, 0.717) is 45.3 Å². The van der Waals surface area contributed by atoms with Gasteiger partial charge in [-0.15, -0.1) is 0 Å². The van der Waals surface area contributed by atoms with Gasteiger partial charge < -0.3 is 28.1 Å². The number of rotatable bonds is 11. The topological polar surface area (TPSA) is 72.5 Å². The molecule has 2 heterocycles. The van der Waals surface area contributed by atoms with Crippen LogP contribution in [0.1, 0.15) is 71.8 Å². The summed E-state index contributed by atoms with van der Waals surface area (Å²) in [5.74, 6) is 0.170. The summed E-state index contributed by atoms with van der Waals surface area (Å²) in [6, 6.07) is 7.89. The maximum absolute atomic E-state index is 12.3. The molecule has 0 aliphatic carbocycles. The first-order valence-electron chi connectivity index (χ1n) is 13.7. The van der Waals surface area contributed by atoms with Crippen molar-refractivity contribution in [3.8, 4) is 5.75 Å². The van der Waals surface area contributed by atoms with E-state index in [0.717, 1.165) is 17.7 Å². The fourth-order valence-corrected chi connectivity index (χ4v) is 6.34. The van der Waals surface area contributed by atoms with Crippen molar-refractivity contribution < 1.29 is 32.9 Å². The van der Waals surface area contributed by atoms with Crippen molar-refractivity contribution in [2.75, 3.05) is 20.8 Å². The zero-order valence-electron chi connectivity index (χ0n) is 24.1. The zero-order valence-corrected chi connectivity index (χ0v) is 25.1. The third-order valence-corrected chi connectivity index (χ3v) is 12.6. The minimum absolute atomic E-state index is 0.0117. The molecule has 2 saturated heterocycles. The maximum Gasteiger partial charge on any atom is 0.192 e. The van der Waals surface area contributed by atoms with E-state index in [1.807, 2.05) is 31.2 Å². The van der Waals surface area contributed by atoms with Crippen LogP contribution >= 0.6 is 0 Å². The smallest absolute Gasteiger partial charge is 0.192 e.